The average molecular weight is 603 g/mol. The number of esters is 2. The van der Waals surface area contributed by atoms with Crippen LogP contribution in [0.3, 0.4) is 0 Å². The second-order valence-electron chi connectivity index (χ2n) is 10.00. The van der Waals surface area contributed by atoms with Gasteiger partial charge in [-0.1, -0.05) is 50.1 Å². The van der Waals surface area contributed by atoms with Gasteiger partial charge in [0.05, 0.1) is 26.4 Å². The van der Waals surface area contributed by atoms with Gasteiger partial charge in [0.1, 0.15) is 12.2 Å². The van der Waals surface area contributed by atoms with Gasteiger partial charge in [-0.2, -0.15) is 0 Å². The van der Waals surface area contributed by atoms with Gasteiger partial charge >= 0.3 is 11.9 Å². The zero-order valence-electron chi connectivity index (χ0n) is 25.2. The van der Waals surface area contributed by atoms with Crippen LogP contribution in [0.2, 0.25) is 0 Å². The molecule has 1 saturated heterocycles. The topological polar surface area (TPSA) is 141 Å². The molecule has 43 heavy (non-hydrogen) atoms. The van der Waals surface area contributed by atoms with E-state index in [1.165, 1.54) is 26.3 Å². The predicted octanol–water partition coefficient (Wildman–Crippen LogP) is 3.60. The van der Waals surface area contributed by atoms with Gasteiger partial charge in [-0.3, -0.25) is 9.59 Å². The van der Waals surface area contributed by atoms with Crippen LogP contribution in [0.5, 0.6) is 11.5 Å². The zero-order valence-corrected chi connectivity index (χ0v) is 25.2. The summed E-state index contributed by atoms with van der Waals surface area (Å²) in [5.74, 6) is -1.87. The third-order valence-corrected chi connectivity index (χ3v) is 6.69. The van der Waals surface area contributed by atoms with E-state index in [4.69, 9.17) is 33.2 Å². The lowest BCUT2D eigenvalue weighted by atomic mass is 10.0. The number of nitrogens with zero attached hydrogens (tertiary/aromatic N) is 1. The Morgan fingerprint density at radius 3 is 2.63 bits per heavy atom. The fourth-order valence-electron chi connectivity index (χ4n) is 4.43. The van der Waals surface area contributed by atoms with Crippen LogP contribution in [0.1, 0.15) is 62.5 Å². The minimum absolute atomic E-state index is 0.0521. The fourth-order valence-corrected chi connectivity index (χ4v) is 4.43. The maximum atomic E-state index is 13.3. The molecule has 2 heterocycles. The third kappa shape index (κ3) is 10.8. The highest BCUT2D eigenvalue weighted by molar-refractivity contribution is 5.98. The minimum Gasteiger partial charge on any atom is -0.493 e. The monoisotopic (exact) mass is 602 g/mol. The molecule has 0 spiro atoms. The summed E-state index contributed by atoms with van der Waals surface area (Å²) in [6.45, 7) is 5.63. The largest absolute Gasteiger partial charge is 0.493 e. The maximum absolute atomic E-state index is 13.3. The van der Waals surface area contributed by atoms with E-state index in [0.29, 0.717) is 19.6 Å². The number of ether oxygens (including phenoxy) is 7. The number of hydrogen-bond donors (Lipinski definition) is 1. The molecule has 0 radical (unpaired) electrons. The molecule has 4 atom stereocenters. The van der Waals surface area contributed by atoms with Gasteiger partial charge in [-0.15, -0.1) is 0 Å². The van der Waals surface area contributed by atoms with Crippen LogP contribution >= 0.6 is 0 Å². The molecule has 3 rings (SSSR count). The molecule has 0 bridgehead atoms. The number of cyclic esters (lactones) is 1. The number of nitrogens with one attached hydrogen (secondary N) is 1. The van der Waals surface area contributed by atoms with Gasteiger partial charge in [0.25, 0.3) is 5.91 Å². The Morgan fingerprint density at radius 1 is 1.12 bits per heavy atom. The second-order valence-corrected chi connectivity index (χ2v) is 10.00. The summed E-state index contributed by atoms with van der Waals surface area (Å²) in [5, 5.41) is 2.63. The smallest absolute Gasteiger partial charge is 0.331 e. The molecule has 2 aromatic rings. The van der Waals surface area contributed by atoms with Crippen LogP contribution in [0, 0.1) is 0 Å². The maximum Gasteiger partial charge on any atom is 0.331 e. The first kappa shape index (κ1) is 33.8. The molecule has 0 unspecified atom stereocenters. The number of hydrogen-bond acceptors (Lipinski definition) is 11. The first-order valence-corrected chi connectivity index (χ1v) is 14.5. The van der Waals surface area contributed by atoms with Crippen molar-refractivity contribution < 1.29 is 47.5 Å². The Bertz CT molecular complexity index is 1160. The quantitative estimate of drug-likeness (QED) is 0.193. The highest BCUT2D eigenvalue weighted by Gasteiger charge is 2.35. The van der Waals surface area contributed by atoms with Crippen molar-refractivity contribution in [2.75, 3.05) is 33.7 Å². The molecule has 1 N–H and O–H groups in total. The molecule has 12 nitrogen and oxygen atoms in total. The van der Waals surface area contributed by atoms with Crippen molar-refractivity contribution in [2.45, 2.75) is 77.4 Å². The van der Waals surface area contributed by atoms with E-state index in [9.17, 15) is 14.4 Å². The van der Waals surface area contributed by atoms with Crippen LogP contribution in [0.25, 0.3) is 0 Å². The molecular weight excluding hydrogens is 560 g/mol. The van der Waals surface area contributed by atoms with E-state index < -0.39 is 42.9 Å². The minimum atomic E-state index is -1.15. The standard InChI is InChI=1S/C31H42N2O10/c1-5-6-10-16-39-26-14-17-38-19-24(31(36)43-21(2)28(26)40-18-23-11-8-7-9-12-23)33-30(35)27-29(42-20-41-22(3)34)25(37-4)13-15-32-27/h7-9,11-13,15,21,24,26,28H,5-6,10,14,16-20H2,1-4H3,(H,33,35)/t21-,24-,26-,28-/m0/s1. The first-order chi connectivity index (χ1) is 20.8. The van der Waals surface area contributed by atoms with E-state index >= 15 is 0 Å². The number of carbonyl (C=O) groups is 3. The number of benzene rings is 1. The lowest BCUT2D eigenvalue weighted by Crippen LogP contribution is -2.50. The molecule has 0 aliphatic carbocycles. The lowest BCUT2D eigenvalue weighted by molar-refractivity contribution is -0.177. The summed E-state index contributed by atoms with van der Waals surface area (Å²) >= 11 is 0. The van der Waals surface area contributed by atoms with Crippen LogP contribution in [-0.2, 0) is 39.9 Å². The molecule has 0 saturated carbocycles. The second kappa shape index (κ2) is 18.0. The molecule has 1 aliphatic rings. The third-order valence-electron chi connectivity index (χ3n) is 6.69. The highest BCUT2D eigenvalue weighted by Crippen LogP contribution is 2.29. The molecule has 12 heteroatoms. The van der Waals surface area contributed by atoms with E-state index in [1.54, 1.807) is 6.92 Å². The molecule has 236 valence electrons. The van der Waals surface area contributed by atoms with Crippen molar-refractivity contribution in [1.29, 1.82) is 0 Å². The number of methoxy groups -OCH3 is 1. The zero-order chi connectivity index (χ0) is 31.0. The molecule has 1 fully saturated rings. The Morgan fingerprint density at radius 2 is 1.91 bits per heavy atom. The van der Waals surface area contributed by atoms with Crippen LogP contribution in [-0.4, -0.2) is 80.9 Å². The van der Waals surface area contributed by atoms with Crippen molar-refractivity contribution in [3.8, 4) is 11.5 Å². The Hall–Kier alpha value is -3.74. The molecule has 1 amide bonds. The summed E-state index contributed by atoms with van der Waals surface area (Å²) < 4.78 is 39.7. The summed E-state index contributed by atoms with van der Waals surface area (Å²) in [5.41, 5.74) is 0.802. The fraction of sp³-hybridized carbons (Fsp3) is 0.548. The number of aromatic nitrogens is 1. The highest BCUT2D eigenvalue weighted by atomic mass is 16.7. The Labute approximate surface area is 252 Å². The number of pyridine rings is 1. The number of carbonyl (C=O) groups excluding carboxylic acids is 3. The van der Waals surface area contributed by atoms with Crippen LogP contribution in [0.4, 0.5) is 0 Å². The van der Waals surface area contributed by atoms with Crippen molar-refractivity contribution in [3.05, 3.63) is 53.9 Å². The lowest BCUT2D eigenvalue weighted by Gasteiger charge is -2.33. The van der Waals surface area contributed by atoms with E-state index in [1.807, 2.05) is 30.3 Å². The predicted molar refractivity (Wildman–Crippen MR) is 155 cm³/mol. The summed E-state index contributed by atoms with van der Waals surface area (Å²) in [6.07, 6.45) is 3.23. The number of unbranched alkanes of at least 4 members (excludes halogenated alkanes) is 2. The van der Waals surface area contributed by atoms with Gasteiger partial charge in [0.15, 0.2) is 23.2 Å². The van der Waals surface area contributed by atoms with E-state index in [-0.39, 0.29) is 36.5 Å². The van der Waals surface area contributed by atoms with Crippen molar-refractivity contribution in [3.63, 3.8) is 0 Å². The molecule has 1 aromatic carbocycles. The number of rotatable bonds is 14. The van der Waals surface area contributed by atoms with Gasteiger partial charge in [0, 0.05) is 32.4 Å². The van der Waals surface area contributed by atoms with Crippen LogP contribution < -0.4 is 14.8 Å². The van der Waals surface area contributed by atoms with Crippen LogP contribution in [0.15, 0.2) is 42.6 Å². The normalized spacial score (nSPS) is 20.9. The SMILES string of the molecule is CCCCCO[C@H]1CCOC[C@H](NC(=O)c2nccc(OC)c2OCOC(C)=O)C(=O)O[C@@H](C)[C@@H]1OCc1ccccc1. The summed E-state index contributed by atoms with van der Waals surface area (Å²) in [6, 6.07) is 10.0. The Balaban J connectivity index is 1.75. The average Bonchev–Trinajstić information content (AvgIpc) is 3.00. The van der Waals surface area contributed by atoms with Gasteiger partial charge in [-0.25, -0.2) is 9.78 Å². The van der Waals surface area contributed by atoms with Gasteiger partial charge in [-0.05, 0) is 25.3 Å². The van der Waals surface area contributed by atoms with Crippen molar-refractivity contribution in [2.24, 2.45) is 0 Å². The molecule has 1 aromatic heterocycles. The number of amides is 1. The van der Waals surface area contributed by atoms with Gasteiger partial charge < -0.3 is 38.5 Å². The van der Waals surface area contributed by atoms with Gasteiger partial charge in [0.2, 0.25) is 6.79 Å². The molecule has 1 aliphatic heterocycles. The summed E-state index contributed by atoms with van der Waals surface area (Å²) in [7, 11) is 1.39. The van der Waals surface area contributed by atoms with E-state index in [0.717, 1.165) is 24.8 Å². The van der Waals surface area contributed by atoms with Crippen molar-refractivity contribution in [1.82, 2.24) is 10.3 Å². The van der Waals surface area contributed by atoms with E-state index in [2.05, 4.69) is 17.2 Å². The molecular formula is C31H42N2O10. The first-order valence-electron chi connectivity index (χ1n) is 14.5. The summed E-state index contributed by atoms with van der Waals surface area (Å²) in [4.78, 5) is 41.9. The van der Waals surface area contributed by atoms with Crippen molar-refractivity contribution >= 4 is 17.8 Å². The Kier molecular flexibility index (Phi) is 14.2.